The molecular formula is C25H16ClIN2O6. The van der Waals surface area contributed by atoms with Gasteiger partial charge in [0.2, 0.25) is 0 Å². The Morgan fingerprint density at radius 3 is 2.31 bits per heavy atom. The Kier molecular flexibility index (Phi) is 7.17. The fraction of sp³-hybridized carbons (Fsp3) is 0.0400. The van der Waals surface area contributed by atoms with Gasteiger partial charge in [0.1, 0.15) is 5.57 Å². The number of esters is 1. The van der Waals surface area contributed by atoms with E-state index in [0.717, 1.165) is 8.47 Å². The molecule has 3 aromatic carbocycles. The van der Waals surface area contributed by atoms with E-state index in [1.165, 1.54) is 37.5 Å². The SMILES string of the molecule is COc1cc(/C=C2\C(=O)NC(=O)N(c3ccc(I)cc3)C2=O)ccc1OC(=O)c1ccc(Cl)cc1. The smallest absolute Gasteiger partial charge is 0.343 e. The predicted octanol–water partition coefficient (Wildman–Crippen LogP) is 4.84. The maximum atomic E-state index is 13.0. The van der Waals surface area contributed by atoms with Crippen molar-refractivity contribution in [3.8, 4) is 11.5 Å². The molecule has 0 radical (unpaired) electrons. The third-order valence-corrected chi connectivity index (χ3v) is 5.94. The summed E-state index contributed by atoms with van der Waals surface area (Å²) in [5, 5.41) is 2.66. The van der Waals surface area contributed by atoms with Gasteiger partial charge in [-0.05, 0) is 94.9 Å². The molecule has 1 N–H and O–H groups in total. The molecule has 0 bridgehead atoms. The zero-order valence-corrected chi connectivity index (χ0v) is 21.0. The summed E-state index contributed by atoms with van der Waals surface area (Å²) in [5.74, 6) is -1.85. The van der Waals surface area contributed by atoms with Gasteiger partial charge in [0.15, 0.2) is 11.5 Å². The molecule has 10 heteroatoms. The van der Waals surface area contributed by atoms with E-state index in [0.29, 0.717) is 21.8 Å². The second-order valence-corrected chi connectivity index (χ2v) is 8.92. The second-order valence-electron chi connectivity index (χ2n) is 7.24. The number of carbonyl (C=O) groups is 4. The molecule has 0 atom stereocenters. The van der Waals surface area contributed by atoms with E-state index in [9.17, 15) is 19.2 Å². The molecule has 0 unspecified atom stereocenters. The van der Waals surface area contributed by atoms with Crippen molar-refractivity contribution in [2.24, 2.45) is 0 Å². The highest BCUT2D eigenvalue weighted by Crippen LogP contribution is 2.31. The van der Waals surface area contributed by atoms with Crippen LogP contribution in [0.3, 0.4) is 0 Å². The minimum absolute atomic E-state index is 0.143. The highest BCUT2D eigenvalue weighted by atomic mass is 127. The van der Waals surface area contributed by atoms with E-state index < -0.39 is 23.8 Å². The van der Waals surface area contributed by atoms with Gasteiger partial charge >= 0.3 is 12.0 Å². The number of rotatable bonds is 5. The summed E-state index contributed by atoms with van der Waals surface area (Å²) in [7, 11) is 1.39. The summed E-state index contributed by atoms with van der Waals surface area (Å²) < 4.78 is 11.7. The van der Waals surface area contributed by atoms with Crippen molar-refractivity contribution < 1.29 is 28.7 Å². The van der Waals surface area contributed by atoms with Gasteiger partial charge in [-0.1, -0.05) is 17.7 Å². The lowest BCUT2D eigenvalue weighted by atomic mass is 10.1. The van der Waals surface area contributed by atoms with Crippen molar-refractivity contribution in [2.75, 3.05) is 12.0 Å². The van der Waals surface area contributed by atoms with Crippen LogP contribution in [-0.2, 0) is 9.59 Å². The normalized spacial score (nSPS) is 14.7. The van der Waals surface area contributed by atoms with Crippen LogP contribution < -0.4 is 19.7 Å². The molecule has 1 saturated heterocycles. The Morgan fingerprint density at radius 1 is 0.971 bits per heavy atom. The Bertz CT molecular complexity index is 1370. The van der Waals surface area contributed by atoms with Crippen LogP contribution in [0.15, 0.2) is 72.3 Å². The van der Waals surface area contributed by atoms with Gasteiger partial charge in [0.25, 0.3) is 11.8 Å². The number of barbiturate groups is 1. The lowest BCUT2D eigenvalue weighted by molar-refractivity contribution is -0.122. The first-order valence-corrected chi connectivity index (χ1v) is 11.6. The van der Waals surface area contributed by atoms with E-state index >= 15 is 0 Å². The second kappa shape index (κ2) is 10.3. The topological polar surface area (TPSA) is 102 Å². The molecule has 0 aromatic heterocycles. The molecule has 1 fully saturated rings. The molecule has 176 valence electrons. The molecule has 0 aliphatic carbocycles. The van der Waals surface area contributed by atoms with E-state index in [2.05, 4.69) is 27.9 Å². The van der Waals surface area contributed by atoms with Gasteiger partial charge < -0.3 is 9.47 Å². The number of nitrogens with zero attached hydrogens (tertiary/aromatic N) is 1. The van der Waals surface area contributed by atoms with Gasteiger partial charge in [-0.2, -0.15) is 0 Å². The Balaban J connectivity index is 1.61. The van der Waals surface area contributed by atoms with Gasteiger partial charge in [-0.15, -0.1) is 0 Å². The third kappa shape index (κ3) is 5.36. The zero-order valence-electron chi connectivity index (χ0n) is 18.1. The van der Waals surface area contributed by atoms with E-state index in [1.54, 1.807) is 42.5 Å². The Labute approximate surface area is 218 Å². The van der Waals surface area contributed by atoms with Crippen molar-refractivity contribution >= 4 is 69.8 Å². The molecule has 1 aliphatic rings. The number of amides is 4. The van der Waals surface area contributed by atoms with Crippen LogP contribution >= 0.6 is 34.2 Å². The number of hydrogen-bond acceptors (Lipinski definition) is 6. The third-order valence-electron chi connectivity index (χ3n) is 4.97. The molecular weight excluding hydrogens is 587 g/mol. The van der Waals surface area contributed by atoms with Crippen LogP contribution in [0.5, 0.6) is 11.5 Å². The highest BCUT2D eigenvalue weighted by Gasteiger charge is 2.36. The first kappa shape index (κ1) is 24.4. The lowest BCUT2D eigenvalue weighted by Gasteiger charge is -2.26. The maximum Gasteiger partial charge on any atom is 0.343 e. The zero-order chi connectivity index (χ0) is 25.1. The number of anilines is 1. The number of imide groups is 2. The monoisotopic (exact) mass is 602 g/mol. The van der Waals surface area contributed by atoms with Crippen molar-refractivity contribution in [1.29, 1.82) is 0 Å². The molecule has 8 nitrogen and oxygen atoms in total. The summed E-state index contributed by atoms with van der Waals surface area (Å²) in [5.41, 5.74) is 0.806. The molecule has 3 aromatic rings. The summed E-state index contributed by atoms with van der Waals surface area (Å²) >= 11 is 7.95. The number of halogens is 2. The number of methoxy groups -OCH3 is 1. The average Bonchev–Trinajstić information content (AvgIpc) is 2.84. The van der Waals surface area contributed by atoms with Gasteiger partial charge in [-0.3, -0.25) is 14.9 Å². The standard InChI is InChI=1S/C25H16ClIN2O6/c1-34-21-13-14(2-11-20(21)35-24(32)15-3-5-16(26)6-4-15)12-19-22(30)28-25(33)29(23(19)31)18-9-7-17(27)8-10-18/h2-13H,1H3,(H,28,30,33)/b19-12+. The quantitative estimate of drug-likeness (QED) is 0.148. The molecule has 0 spiro atoms. The van der Waals surface area contributed by atoms with Crippen molar-refractivity contribution in [3.63, 3.8) is 0 Å². The number of urea groups is 1. The summed E-state index contributed by atoms with van der Waals surface area (Å²) in [6.07, 6.45) is 1.33. The fourth-order valence-corrected chi connectivity index (χ4v) is 3.74. The van der Waals surface area contributed by atoms with Crippen LogP contribution in [-0.4, -0.2) is 30.9 Å². The number of benzene rings is 3. The molecule has 35 heavy (non-hydrogen) atoms. The van der Waals surface area contributed by atoms with E-state index in [-0.39, 0.29) is 17.1 Å². The fourth-order valence-electron chi connectivity index (χ4n) is 3.25. The average molecular weight is 603 g/mol. The number of hydrogen-bond donors (Lipinski definition) is 1. The van der Waals surface area contributed by atoms with Crippen LogP contribution in [0.4, 0.5) is 10.5 Å². The first-order valence-electron chi connectivity index (χ1n) is 10.1. The molecule has 1 heterocycles. The van der Waals surface area contributed by atoms with Gasteiger partial charge in [0.05, 0.1) is 18.4 Å². The Hall–Kier alpha value is -3.70. The minimum Gasteiger partial charge on any atom is -0.493 e. The first-order chi connectivity index (χ1) is 16.8. The number of ether oxygens (including phenoxy) is 2. The van der Waals surface area contributed by atoms with Crippen LogP contribution in [0, 0.1) is 3.57 Å². The summed E-state index contributed by atoms with van der Waals surface area (Å²) in [6.45, 7) is 0. The van der Waals surface area contributed by atoms with E-state index in [1.807, 2.05) is 0 Å². The molecule has 4 amide bonds. The number of nitrogens with one attached hydrogen (secondary N) is 1. The van der Waals surface area contributed by atoms with Crippen molar-refractivity contribution in [3.05, 3.63) is 92.0 Å². The highest BCUT2D eigenvalue weighted by molar-refractivity contribution is 14.1. The molecule has 1 aliphatic heterocycles. The summed E-state index contributed by atoms with van der Waals surface area (Å²) in [6, 6.07) is 16.6. The lowest BCUT2D eigenvalue weighted by Crippen LogP contribution is -2.54. The van der Waals surface area contributed by atoms with Crippen LogP contribution in [0.25, 0.3) is 6.08 Å². The van der Waals surface area contributed by atoms with Crippen molar-refractivity contribution in [1.82, 2.24) is 5.32 Å². The largest absolute Gasteiger partial charge is 0.493 e. The molecule has 0 saturated carbocycles. The van der Waals surface area contributed by atoms with Gasteiger partial charge in [0, 0.05) is 8.59 Å². The van der Waals surface area contributed by atoms with Crippen LogP contribution in [0.1, 0.15) is 15.9 Å². The van der Waals surface area contributed by atoms with Gasteiger partial charge in [-0.25, -0.2) is 14.5 Å². The number of carbonyl (C=O) groups excluding carboxylic acids is 4. The molecule has 4 rings (SSSR count). The minimum atomic E-state index is -0.833. The van der Waals surface area contributed by atoms with Crippen LogP contribution in [0.2, 0.25) is 5.02 Å². The van der Waals surface area contributed by atoms with E-state index in [4.69, 9.17) is 21.1 Å². The maximum absolute atomic E-state index is 13.0. The predicted molar refractivity (Wildman–Crippen MR) is 138 cm³/mol. The van der Waals surface area contributed by atoms with Crippen molar-refractivity contribution in [2.45, 2.75) is 0 Å². The Morgan fingerprint density at radius 2 is 1.66 bits per heavy atom. The summed E-state index contributed by atoms with van der Waals surface area (Å²) in [4.78, 5) is 51.2.